The molecule has 0 unspecified atom stereocenters. The first kappa shape index (κ1) is 21.9. The lowest BCUT2D eigenvalue weighted by molar-refractivity contribution is -0.143. The molecule has 0 amide bonds. The van der Waals surface area contributed by atoms with Crippen LogP contribution >= 0.6 is 12.4 Å². The van der Waals surface area contributed by atoms with Crippen LogP contribution in [-0.4, -0.2) is 42.9 Å². The summed E-state index contributed by atoms with van der Waals surface area (Å²) >= 11 is 0. The number of carbonyl (C=O) groups excluding carboxylic acids is 2. The van der Waals surface area contributed by atoms with Gasteiger partial charge in [0, 0.05) is 17.7 Å². The number of hydrogen-bond donors (Lipinski definition) is 0. The molecule has 5 nitrogen and oxygen atoms in total. The Morgan fingerprint density at radius 3 is 2.61 bits per heavy atom. The van der Waals surface area contributed by atoms with E-state index in [1.54, 1.807) is 18.2 Å². The van der Waals surface area contributed by atoms with Crippen LogP contribution in [0.3, 0.4) is 0 Å². The second-order valence-corrected chi connectivity index (χ2v) is 6.53. The van der Waals surface area contributed by atoms with Crippen LogP contribution < -0.4 is 4.74 Å². The maximum Gasteiger partial charge on any atom is 0.310 e. The van der Waals surface area contributed by atoms with Crippen LogP contribution in [0.25, 0.3) is 0 Å². The molecule has 0 N–H and O–H groups in total. The predicted octanol–water partition coefficient (Wildman–Crippen LogP) is 3.66. The van der Waals surface area contributed by atoms with Gasteiger partial charge in [0.2, 0.25) is 0 Å². The number of nitrogens with zero attached hydrogens (tertiary/aromatic N) is 1. The van der Waals surface area contributed by atoms with Crippen molar-refractivity contribution >= 4 is 24.2 Å². The smallest absolute Gasteiger partial charge is 0.310 e. The van der Waals surface area contributed by atoms with Gasteiger partial charge in [-0.2, -0.15) is 0 Å². The molecule has 0 aliphatic carbocycles. The second-order valence-electron chi connectivity index (χ2n) is 6.53. The average Bonchev–Trinajstić information content (AvgIpc) is 2.82. The molecule has 150 valence electrons. The molecule has 0 fully saturated rings. The zero-order valence-electron chi connectivity index (χ0n) is 16.3. The molecule has 0 radical (unpaired) electrons. The Bertz CT molecular complexity index is 833. The van der Waals surface area contributed by atoms with Crippen molar-refractivity contribution in [3.8, 4) is 5.75 Å². The monoisotopic (exact) mass is 403 g/mol. The van der Waals surface area contributed by atoms with E-state index in [4.69, 9.17) is 9.47 Å². The molecule has 0 saturated heterocycles. The normalized spacial score (nSPS) is 12.3. The van der Waals surface area contributed by atoms with E-state index >= 15 is 0 Å². The van der Waals surface area contributed by atoms with E-state index in [1.165, 1.54) is 0 Å². The summed E-state index contributed by atoms with van der Waals surface area (Å²) in [7, 11) is 0. The van der Waals surface area contributed by atoms with E-state index in [1.807, 2.05) is 24.3 Å². The van der Waals surface area contributed by atoms with E-state index in [2.05, 4.69) is 18.7 Å². The molecule has 3 rings (SSSR count). The third kappa shape index (κ3) is 5.12. The van der Waals surface area contributed by atoms with Crippen molar-refractivity contribution in [2.45, 2.75) is 26.9 Å². The number of fused-ring (bicyclic) bond motifs is 2. The van der Waals surface area contributed by atoms with Crippen molar-refractivity contribution < 1.29 is 19.1 Å². The lowest BCUT2D eigenvalue weighted by Gasteiger charge is -2.17. The van der Waals surface area contributed by atoms with E-state index in [0.717, 1.165) is 30.8 Å². The molecule has 1 aliphatic heterocycles. The minimum Gasteiger partial charge on any atom is -0.488 e. The first-order valence-electron chi connectivity index (χ1n) is 9.38. The molecule has 2 aromatic carbocycles. The van der Waals surface area contributed by atoms with Crippen molar-refractivity contribution in [1.29, 1.82) is 0 Å². The summed E-state index contributed by atoms with van der Waals surface area (Å²) in [5.74, 6) is 0.196. The van der Waals surface area contributed by atoms with Crippen molar-refractivity contribution in [2.75, 3.05) is 26.2 Å². The Balaban J connectivity index is 0.00000280. The van der Waals surface area contributed by atoms with Crippen LogP contribution in [0.4, 0.5) is 0 Å². The highest BCUT2D eigenvalue weighted by molar-refractivity contribution is 6.12. The lowest BCUT2D eigenvalue weighted by atomic mass is 9.98. The quantitative estimate of drug-likeness (QED) is 0.660. The number of benzene rings is 2. The van der Waals surface area contributed by atoms with Gasteiger partial charge >= 0.3 is 5.97 Å². The molecular weight excluding hydrogens is 378 g/mol. The molecule has 0 aromatic heterocycles. The fraction of sp³-hybridized carbons (Fsp3) is 0.364. The molecule has 1 aliphatic rings. The van der Waals surface area contributed by atoms with Crippen LogP contribution in [0.15, 0.2) is 42.5 Å². The Hall–Kier alpha value is -2.37. The van der Waals surface area contributed by atoms with Gasteiger partial charge in [0.25, 0.3) is 0 Å². The summed E-state index contributed by atoms with van der Waals surface area (Å²) in [5, 5.41) is 0. The zero-order chi connectivity index (χ0) is 19.2. The SMILES string of the molecule is CCN(CC)CCOC(=O)Cc1ccc2c(c1)OCc1ccccc1C2=O.Cl. The first-order chi connectivity index (χ1) is 13.1. The lowest BCUT2D eigenvalue weighted by Crippen LogP contribution is -2.28. The standard InChI is InChI=1S/C22H25NO4.ClH/c1-3-23(4-2)11-12-26-21(24)14-16-9-10-19-20(13-16)27-15-17-7-5-6-8-18(17)22(19)25;/h5-10,13H,3-4,11-12,14-15H2,1-2H3;1H. The highest BCUT2D eigenvalue weighted by Crippen LogP contribution is 2.29. The number of likely N-dealkylation sites (N-methyl/N-ethyl adjacent to an activating group) is 1. The summed E-state index contributed by atoms with van der Waals surface area (Å²) in [6, 6.07) is 12.8. The minimum atomic E-state index is -0.273. The fourth-order valence-electron chi connectivity index (χ4n) is 3.20. The Morgan fingerprint density at radius 2 is 1.86 bits per heavy atom. The second kappa shape index (κ2) is 10.2. The van der Waals surface area contributed by atoms with Crippen molar-refractivity contribution in [3.63, 3.8) is 0 Å². The van der Waals surface area contributed by atoms with E-state index in [9.17, 15) is 9.59 Å². The zero-order valence-corrected chi connectivity index (χ0v) is 17.1. The maximum absolute atomic E-state index is 12.7. The van der Waals surface area contributed by atoms with Gasteiger partial charge in [-0.15, -0.1) is 12.4 Å². The molecule has 2 aromatic rings. The van der Waals surface area contributed by atoms with Crippen LogP contribution in [0.2, 0.25) is 0 Å². The number of rotatable bonds is 7. The van der Waals surface area contributed by atoms with Crippen LogP contribution in [-0.2, 0) is 22.6 Å². The number of ether oxygens (including phenoxy) is 2. The van der Waals surface area contributed by atoms with Gasteiger partial charge in [0.1, 0.15) is 19.0 Å². The highest BCUT2D eigenvalue weighted by Gasteiger charge is 2.22. The summed E-state index contributed by atoms with van der Waals surface area (Å²) in [6.07, 6.45) is 0.163. The van der Waals surface area contributed by atoms with Crippen LogP contribution in [0, 0.1) is 0 Å². The van der Waals surface area contributed by atoms with Gasteiger partial charge in [-0.1, -0.05) is 44.2 Å². The number of halogens is 1. The van der Waals surface area contributed by atoms with Crippen LogP contribution in [0.5, 0.6) is 5.75 Å². The maximum atomic E-state index is 12.7. The molecule has 0 spiro atoms. The van der Waals surface area contributed by atoms with Crippen molar-refractivity contribution in [1.82, 2.24) is 4.90 Å². The average molecular weight is 404 g/mol. The van der Waals surface area contributed by atoms with Crippen molar-refractivity contribution in [3.05, 3.63) is 64.7 Å². The molecule has 6 heteroatoms. The Kier molecular flexibility index (Phi) is 8.03. The topological polar surface area (TPSA) is 55.8 Å². The van der Waals surface area contributed by atoms with Gasteiger partial charge in [-0.3, -0.25) is 9.59 Å². The molecule has 1 heterocycles. The summed E-state index contributed by atoms with van der Waals surface area (Å²) < 4.78 is 11.2. The third-order valence-corrected chi connectivity index (χ3v) is 4.85. The van der Waals surface area contributed by atoms with Crippen LogP contribution in [0.1, 0.15) is 40.9 Å². The molecule has 0 bridgehead atoms. The van der Waals surface area contributed by atoms with Gasteiger partial charge in [0.15, 0.2) is 5.78 Å². The molecular formula is C22H26ClNO4. The van der Waals surface area contributed by atoms with Gasteiger partial charge < -0.3 is 14.4 Å². The number of ketones is 1. The Labute approximate surface area is 172 Å². The predicted molar refractivity (Wildman–Crippen MR) is 110 cm³/mol. The Morgan fingerprint density at radius 1 is 1.11 bits per heavy atom. The number of hydrogen-bond acceptors (Lipinski definition) is 5. The molecule has 28 heavy (non-hydrogen) atoms. The van der Waals surface area contributed by atoms with Gasteiger partial charge in [-0.05, 0) is 30.8 Å². The number of esters is 1. The fourth-order valence-corrected chi connectivity index (χ4v) is 3.20. The summed E-state index contributed by atoms with van der Waals surface area (Å²) in [6.45, 7) is 7.50. The minimum absolute atomic E-state index is 0. The highest BCUT2D eigenvalue weighted by atomic mass is 35.5. The third-order valence-electron chi connectivity index (χ3n) is 4.85. The summed E-state index contributed by atoms with van der Waals surface area (Å²) in [4.78, 5) is 27.0. The molecule has 0 saturated carbocycles. The van der Waals surface area contributed by atoms with Crippen molar-refractivity contribution in [2.24, 2.45) is 0 Å². The summed E-state index contributed by atoms with van der Waals surface area (Å²) in [5.41, 5.74) is 2.84. The van der Waals surface area contributed by atoms with Gasteiger partial charge in [0.05, 0.1) is 12.0 Å². The molecule has 0 atom stereocenters. The number of carbonyl (C=O) groups is 2. The van der Waals surface area contributed by atoms with Gasteiger partial charge in [-0.25, -0.2) is 0 Å². The van der Waals surface area contributed by atoms with E-state index < -0.39 is 0 Å². The van der Waals surface area contributed by atoms with E-state index in [0.29, 0.717) is 30.1 Å². The largest absolute Gasteiger partial charge is 0.488 e. The van der Waals surface area contributed by atoms with E-state index in [-0.39, 0.29) is 30.6 Å². The first-order valence-corrected chi connectivity index (χ1v) is 9.38.